The van der Waals surface area contributed by atoms with Gasteiger partial charge >= 0.3 is 0 Å². The number of hydrogen-bond acceptors (Lipinski definition) is 5. The van der Waals surface area contributed by atoms with Gasteiger partial charge in [0.1, 0.15) is 11.5 Å². The third-order valence-corrected chi connectivity index (χ3v) is 6.11. The molecule has 8 heteroatoms. The number of carbonyl (C=O) groups is 2. The second kappa shape index (κ2) is 10.1. The van der Waals surface area contributed by atoms with Gasteiger partial charge in [0.25, 0.3) is 11.7 Å². The summed E-state index contributed by atoms with van der Waals surface area (Å²) in [7, 11) is 0. The van der Waals surface area contributed by atoms with Crippen LogP contribution in [0.4, 0.5) is 0 Å². The van der Waals surface area contributed by atoms with Gasteiger partial charge in [0.2, 0.25) is 0 Å². The van der Waals surface area contributed by atoms with Crippen LogP contribution in [0.1, 0.15) is 36.1 Å². The van der Waals surface area contributed by atoms with Crippen LogP contribution in [0.5, 0.6) is 5.75 Å². The molecule has 1 saturated heterocycles. The molecule has 7 nitrogen and oxygen atoms in total. The van der Waals surface area contributed by atoms with E-state index in [1.54, 1.807) is 30.7 Å². The SMILES string of the molecule is CCOc1ccc(/C(O)=C2/C(=O)C(=O)N(CCCn3ccnc3)C2c2ccc(C)cc2)cc1Cl. The molecule has 1 aliphatic rings. The molecule has 0 spiro atoms. The number of aromatic nitrogens is 2. The third-order valence-electron chi connectivity index (χ3n) is 5.81. The first-order valence-corrected chi connectivity index (χ1v) is 11.5. The Morgan fingerprint density at radius 1 is 1.15 bits per heavy atom. The molecule has 0 saturated carbocycles. The third kappa shape index (κ3) is 4.70. The number of Topliss-reactive ketones (excluding diaryl/α,β-unsaturated/α-hetero) is 1. The number of aryl methyl sites for hydroxylation is 2. The predicted molar refractivity (Wildman–Crippen MR) is 130 cm³/mol. The van der Waals surface area contributed by atoms with Gasteiger partial charge in [-0.15, -0.1) is 0 Å². The van der Waals surface area contributed by atoms with Crippen molar-refractivity contribution in [3.05, 3.63) is 88.5 Å². The fourth-order valence-electron chi connectivity index (χ4n) is 4.12. The Balaban J connectivity index is 1.73. The fourth-order valence-corrected chi connectivity index (χ4v) is 4.36. The van der Waals surface area contributed by atoms with E-state index in [-0.39, 0.29) is 11.3 Å². The van der Waals surface area contributed by atoms with E-state index in [0.717, 1.165) is 11.1 Å². The highest BCUT2D eigenvalue weighted by Crippen LogP contribution is 2.40. The fraction of sp³-hybridized carbons (Fsp3) is 0.269. The monoisotopic (exact) mass is 479 g/mol. The van der Waals surface area contributed by atoms with Crippen LogP contribution in [-0.4, -0.2) is 44.4 Å². The summed E-state index contributed by atoms with van der Waals surface area (Å²) < 4.78 is 7.38. The van der Waals surface area contributed by atoms with E-state index in [4.69, 9.17) is 16.3 Å². The van der Waals surface area contributed by atoms with Crippen LogP contribution >= 0.6 is 11.6 Å². The standard InChI is InChI=1S/C26H26ClN3O4/c1-3-34-21-10-9-19(15-20(21)27)24(31)22-23(18-7-5-17(2)6-8-18)30(26(33)25(22)32)13-4-12-29-14-11-28-16-29/h5-11,14-16,23,31H,3-4,12-13H2,1-2H3/b24-22-. The summed E-state index contributed by atoms with van der Waals surface area (Å²) in [6.45, 7) is 5.26. The average molecular weight is 480 g/mol. The van der Waals surface area contributed by atoms with Crippen molar-refractivity contribution >= 4 is 29.1 Å². The Kier molecular flexibility index (Phi) is 7.03. The number of imidazole rings is 1. The Labute approximate surface area is 203 Å². The topological polar surface area (TPSA) is 84.7 Å². The predicted octanol–water partition coefficient (Wildman–Crippen LogP) is 4.76. The number of hydrogen-bond donors (Lipinski definition) is 1. The van der Waals surface area contributed by atoms with Gasteiger partial charge in [-0.05, 0) is 44.0 Å². The zero-order chi connectivity index (χ0) is 24.2. The van der Waals surface area contributed by atoms with Gasteiger partial charge in [0.05, 0.1) is 29.6 Å². The molecule has 1 fully saturated rings. The first kappa shape index (κ1) is 23.6. The second-order valence-corrected chi connectivity index (χ2v) is 8.54. The van der Waals surface area contributed by atoms with Gasteiger partial charge in [0.15, 0.2) is 0 Å². The molecule has 4 rings (SSSR count). The molecule has 1 aromatic heterocycles. The number of aliphatic hydroxyl groups is 1. The highest BCUT2D eigenvalue weighted by atomic mass is 35.5. The Hall–Kier alpha value is -3.58. The molecule has 34 heavy (non-hydrogen) atoms. The Bertz CT molecular complexity index is 1220. The van der Waals surface area contributed by atoms with Crippen molar-refractivity contribution < 1.29 is 19.4 Å². The van der Waals surface area contributed by atoms with Crippen LogP contribution in [0.25, 0.3) is 5.76 Å². The molecule has 3 aromatic rings. The molecule has 0 bridgehead atoms. The van der Waals surface area contributed by atoms with Crippen molar-refractivity contribution in [2.45, 2.75) is 32.9 Å². The lowest BCUT2D eigenvalue weighted by molar-refractivity contribution is -0.139. The summed E-state index contributed by atoms with van der Waals surface area (Å²) in [6.07, 6.45) is 5.88. The van der Waals surface area contributed by atoms with Gasteiger partial charge in [-0.2, -0.15) is 0 Å². The average Bonchev–Trinajstić information content (AvgIpc) is 3.43. The van der Waals surface area contributed by atoms with E-state index in [9.17, 15) is 14.7 Å². The van der Waals surface area contributed by atoms with Gasteiger partial charge in [-0.3, -0.25) is 9.59 Å². The number of ketones is 1. The molecule has 2 heterocycles. The second-order valence-electron chi connectivity index (χ2n) is 8.14. The summed E-state index contributed by atoms with van der Waals surface area (Å²) in [5.74, 6) is -1.12. The van der Waals surface area contributed by atoms with E-state index >= 15 is 0 Å². The number of ether oxygens (including phenoxy) is 1. The normalized spacial score (nSPS) is 17.4. The highest BCUT2D eigenvalue weighted by molar-refractivity contribution is 6.46. The quantitative estimate of drug-likeness (QED) is 0.286. The molecule has 1 N–H and O–H groups in total. The molecule has 0 aliphatic carbocycles. The number of carbonyl (C=O) groups excluding carboxylic acids is 2. The van der Waals surface area contributed by atoms with Gasteiger partial charge in [0, 0.05) is 31.0 Å². The molecule has 2 aromatic carbocycles. The van der Waals surface area contributed by atoms with Crippen molar-refractivity contribution in [3.8, 4) is 5.75 Å². The summed E-state index contributed by atoms with van der Waals surface area (Å²) in [6, 6.07) is 11.7. The van der Waals surface area contributed by atoms with E-state index < -0.39 is 17.7 Å². The summed E-state index contributed by atoms with van der Waals surface area (Å²) in [4.78, 5) is 31.8. The number of benzene rings is 2. The zero-order valence-electron chi connectivity index (χ0n) is 19.1. The molecule has 176 valence electrons. The van der Waals surface area contributed by atoms with Crippen LogP contribution in [0, 0.1) is 6.92 Å². The van der Waals surface area contributed by atoms with Crippen molar-refractivity contribution in [2.24, 2.45) is 0 Å². The van der Waals surface area contributed by atoms with Gasteiger partial charge in [-0.25, -0.2) is 4.98 Å². The Morgan fingerprint density at radius 2 is 1.91 bits per heavy atom. The maximum Gasteiger partial charge on any atom is 0.295 e. The lowest BCUT2D eigenvalue weighted by atomic mass is 9.94. The summed E-state index contributed by atoms with van der Waals surface area (Å²) >= 11 is 6.31. The smallest absolute Gasteiger partial charge is 0.295 e. The van der Waals surface area contributed by atoms with E-state index in [2.05, 4.69) is 4.98 Å². The maximum absolute atomic E-state index is 13.1. The van der Waals surface area contributed by atoms with Crippen LogP contribution < -0.4 is 4.74 Å². The van der Waals surface area contributed by atoms with Crippen molar-refractivity contribution in [1.29, 1.82) is 0 Å². The minimum Gasteiger partial charge on any atom is -0.507 e. The number of aliphatic hydroxyl groups excluding tert-OH is 1. The van der Waals surface area contributed by atoms with E-state index in [1.807, 2.05) is 48.9 Å². The molecule has 1 aliphatic heterocycles. The first-order chi connectivity index (χ1) is 16.4. The number of halogens is 1. The van der Waals surface area contributed by atoms with Crippen molar-refractivity contribution in [1.82, 2.24) is 14.5 Å². The lowest BCUT2D eigenvalue weighted by Crippen LogP contribution is -2.31. The number of nitrogens with zero attached hydrogens (tertiary/aromatic N) is 3. The number of rotatable bonds is 8. The molecule has 0 radical (unpaired) electrons. The minimum absolute atomic E-state index is 0.0525. The molecular formula is C26H26ClN3O4. The largest absolute Gasteiger partial charge is 0.507 e. The van der Waals surface area contributed by atoms with Gasteiger partial charge < -0.3 is 19.3 Å². The van der Waals surface area contributed by atoms with E-state index in [0.29, 0.717) is 42.5 Å². The van der Waals surface area contributed by atoms with Gasteiger partial charge in [-0.1, -0.05) is 41.4 Å². The van der Waals surface area contributed by atoms with Crippen molar-refractivity contribution in [3.63, 3.8) is 0 Å². The number of likely N-dealkylation sites (tertiary alicyclic amines) is 1. The lowest BCUT2D eigenvalue weighted by Gasteiger charge is -2.25. The van der Waals surface area contributed by atoms with Crippen LogP contribution in [0.15, 0.2) is 66.8 Å². The molecule has 1 unspecified atom stereocenters. The maximum atomic E-state index is 13.1. The number of amides is 1. The van der Waals surface area contributed by atoms with Crippen LogP contribution in [-0.2, 0) is 16.1 Å². The highest BCUT2D eigenvalue weighted by Gasteiger charge is 2.45. The summed E-state index contributed by atoms with van der Waals surface area (Å²) in [5, 5.41) is 11.5. The van der Waals surface area contributed by atoms with Crippen LogP contribution in [0.3, 0.4) is 0 Å². The molecule has 1 atom stereocenters. The zero-order valence-corrected chi connectivity index (χ0v) is 19.8. The Morgan fingerprint density at radius 3 is 2.56 bits per heavy atom. The minimum atomic E-state index is -0.712. The van der Waals surface area contributed by atoms with E-state index in [1.165, 1.54) is 4.90 Å². The van der Waals surface area contributed by atoms with Crippen molar-refractivity contribution in [2.75, 3.05) is 13.2 Å². The van der Waals surface area contributed by atoms with Crippen LogP contribution in [0.2, 0.25) is 5.02 Å². The summed E-state index contributed by atoms with van der Waals surface area (Å²) in [5.41, 5.74) is 2.21. The molecular weight excluding hydrogens is 454 g/mol. The molecule has 1 amide bonds. The first-order valence-electron chi connectivity index (χ1n) is 11.1.